The van der Waals surface area contributed by atoms with Crippen molar-refractivity contribution in [3.8, 4) is 0 Å². The molecule has 31 heavy (non-hydrogen) atoms. The molecule has 2 aromatic carbocycles. The number of esters is 1. The molecule has 9 nitrogen and oxygen atoms in total. The van der Waals surface area contributed by atoms with Gasteiger partial charge in [0.15, 0.2) is 6.61 Å². The van der Waals surface area contributed by atoms with Crippen molar-refractivity contribution in [3.05, 3.63) is 48.0 Å². The van der Waals surface area contributed by atoms with Crippen molar-refractivity contribution in [1.29, 1.82) is 0 Å². The molecule has 0 atom stereocenters. The van der Waals surface area contributed by atoms with Crippen LogP contribution < -0.4 is 5.32 Å². The van der Waals surface area contributed by atoms with Crippen LogP contribution in [0.25, 0.3) is 11.0 Å². The van der Waals surface area contributed by atoms with Gasteiger partial charge in [0.05, 0.1) is 27.9 Å². The van der Waals surface area contributed by atoms with Crippen LogP contribution in [0.15, 0.2) is 47.4 Å². The summed E-state index contributed by atoms with van der Waals surface area (Å²) in [6.07, 6.45) is 2.55. The fraction of sp³-hybridized carbons (Fsp3) is 0.300. The summed E-state index contributed by atoms with van der Waals surface area (Å²) in [5, 5.41) is 2.64. The van der Waals surface area contributed by atoms with E-state index in [4.69, 9.17) is 4.74 Å². The smallest absolute Gasteiger partial charge is 0.340 e. The summed E-state index contributed by atoms with van der Waals surface area (Å²) in [7, 11) is -3.82. The Morgan fingerprint density at radius 1 is 1.03 bits per heavy atom. The van der Waals surface area contributed by atoms with Gasteiger partial charge in [0, 0.05) is 13.1 Å². The molecule has 0 aliphatic carbocycles. The number of ether oxygens (including phenoxy) is 1. The zero-order chi connectivity index (χ0) is 21.8. The van der Waals surface area contributed by atoms with E-state index in [9.17, 15) is 18.0 Å². The molecule has 11 heteroatoms. The van der Waals surface area contributed by atoms with Gasteiger partial charge in [-0.25, -0.2) is 13.2 Å². The number of rotatable bonds is 6. The lowest BCUT2D eigenvalue weighted by Gasteiger charge is -2.26. The zero-order valence-electron chi connectivity index (χ0n) is 16.5. The van der Waals surface area contributed by atoms with E-state index in [1.165, 1.54) is 16.4 Å². The molecule has 4 rings (SSSR count). The minimum atomic E-state index is -3.82. The van der Waals surface area contributed by atoms with E-state index < -0.39 is 28.5 Å². The summed E-state index contributed by atoms with van der Waals surface area (Å²) in [5.74, 6) is -1.44. The van der Waals surface area contributed by atoms with Crippen LogP contribution in [0.2, 0.25) is 0 Å². The molecule has 1 aliphatic heterocycles. The van der Waals surface area contributed by atoms with E-state index in [0.29, 0.717) is 29.8 Å². The Morgan fingerprint density at radius 2 is 1.81 bits per heavy atom. The number of nitrogens with one attached hydrogen (secondary N) is 1. The first-order chi connectivity index (χ1) is 15.0. The highest BCUT2D eigenvalue weighted by molar-refractivity contribution is 7.89. The highest BCUT2D eigenvalue weighted by Crippen LogP contribution is 2.24. The molecule has 0 spiro atoms. The number of carbonyl (C=O) groups excluding carboxylic acids is 2. The quantitative estimate of drug-likeness (QED) is 0.562. The van der Waals surface area contributed by atoms with Gasteiger partial charge in [0.25, 0.3) is 5.91 Å². The fourth-order valence-corrected chi connectivity index (χ4v) is 5.65. The second kappa shape index (κ2) is 9.08. The Kier molecular flexibility index (Phi) is 6.25. The van der Waals surface area contributed by atoms with Gasteiger partial charge in [-0.1, -0.05) is 24.6 Å². The molecule has 1 aliphatic rings. The first-order valence-corrected chi connectivity index (χ1v) is 11.9. The highest BCUT2D eigenvalue weighted by atomic mass is 32.2. The second-order valence-electron chi connectivity index (χ2n) is 7.02. The summed E-state index contributed by atoms with van der Waals surface area (Å²) in [4.78, 5) is 24.8. The van der Waals surface area contributed by atoms with Crippen molar-refractivity contribution in [2.45, 2.75) is 24.2 Å². The van der Waals surface area contributed by atoms with Crippen molar-refractivity contribution in [1.82, 2.24) is 13.1 Å². The standard InChI is InChI=1S/C20H20N4O5S2/c25-18(21-15-8-6-9-16-19(15)23-30-22-16)13-29-20(26)14-7-2-3-10-17(14)31(27,28)24-11-4-1-5-12-24/h2-3,6-10H,1,4-5,11-13H2,(H,21,25). The first-order valence-electron chi connectivity index (χ1n) is 9.74. The molecule has 0 unspecified atom stereocenters. The molecule has 1 N–H and O–H groups in total. The Bertz CT molecular complexity index is 1220. The lowest BCUT2D eigenvalue weighted by atomic mass is 10.2. The SMILES string of the molecule is O=C(COC(=O)c1ccccc1S(=O)(=O)N1CCCCC1)Nc1cccc2nsnc12. The molecule has 0 saturated carbocycles. The van der Waals surface area contributed by atoms with Crippen LogP contribution in [0.3, 0.4) is 0 Å². The number of hydrogen-bond acceptors (Lipinski definition) is 8. The van der Waals surface area contributed by atoms with Crippen LogP contribution in [0.1, 0.15) is 29.6 Å². The Labute approximate surface area is 183 Å². The maximum atomic E-state index is 13.0. The Balaban J connectivity index is 1.45. The largest absolute Gasteiger partial charge is 0.452 e. The van der Waals surface area contributed by atoms with Gasteiger partial charge in [-0.15, -0.1) is 0 Å². The molecule has 0 radical (unpaired) electrons. The number of benzene rings is 2. The summed E-state index contributed by atoms with van der Waals surface area (Å²) in [6.45, 7) is 0.279. The zero-order valence-corrected chi connectivity index (χ0v) is 18.1. The van der Waals surface area contributed by atoms with Crippen molar-refractivity contribution in [2.24, 2.45) is 0 Å². The van der Waals surface area contributed by atoms with E-state index >= 15 is 0 Å². The van der Waals surface area contributed by atoms with E-state index in [0.717, 1.165) is 31.0 Å². The van der Waals surface area contributed by atoms with Gasteiger partial charge in [-0.3, -0.25) is 4.79 Å². The van der Waals surface area contributed by atoms with Crippen molar-refractivity contribution < 1.29 is 22.7 Å². The van der Waals surface area contributed by atoms with Crippen LogP contribution in [0, 0.1) is 0 Å². The molecule has 1 amide bonds. The van der Waals surface area contributed by atoms with Gasteiger partial charge in [0.2, 0.25) is 10.0 Å². The van der Waals surface area contributed by atoms with Gasteiger partial charge in [0.1, 0.15) is 11.0 Å². The molecule has 1 aromatic heterocycles. The van der Waals surface area contributed by atoms with Crippen molar-refractivity contribution >= 4 is 50.3 Å². The fourth-order valence-electron chi connectivity index (χ4n) is 3.41. The molecule has 162 valence electrons. The number of piperidine rings is 1. The van der Waals surface area contributed by atoms with E-state index in [1.807, 2.05) is 0 Å². The third-order valence-corrected chi connectivity index (χ3v) is 7.43. The first kappa shape index (κ1) is 21.3. The van der Waals surface area contributed by atoms with Crippen LogP contribution in [-0.2, 0) is 19.6 Å². The predicted octanol–water partition coefficient (Wildman–Crippen LogP) is 2.66. The number of sulfonamides is 1. The van der Waals surface area contributed by atoms with Gasteiger partial charge >= 0.3 is 5.97 Å². The minimum Gasteiger partial charge on any atom is -0.452 e. The molecule has 1 fully saturated rings. The van der Waals surface area contributed by atoms with Gasteiger partial charge in [-0.05, 0) is 37.1 Å². The molecule has 1 saturated heterocycles. The topological polar surface area (TPSA) is 119 Å². The second-order valence-corrected chi connectivity index (χ2v) is 9.46. The van der Waals surface area contributed by atoms with Crippen molar-refractivity contribution in [2.75, 3.05) is 25.0 Å². The normalized spacial score (nSPS) is 15.0. The number of fused-ring (bicyclic) bond motifs is 1. The summed E-state index contributed by atoms with van der Waals surface area (Å²) < 4.78 is 40.8. The van der Waals surface area contributed by atoms with Crippen molar-refractivity contribution in [3.63, 3.8) is 0 Å². The highest BCUT2D eigenvalue weighted by Gasteiger charge is 2.30. The third kappa shape index (κ3) is 4.58. The number of aromatic nitrogens is 2. The number of carbonyl (C=O) groups is 2. The summed E-state index contributed by atoms with van der Waals surface area (Å²) in [5.41, 5.74) is 1.56. The van der Waals surface area contributed by atoms with Crippen LogP contribution in [0.4, 0.5) is 5.69 Å². The van der Waals surface area contributed by atoms with E-state index in [-0.39, 0.29) is 10.5 Å². The third-order valence-electron chi connectivity index (χ3n) is 4.93. The summed E-state index contributed by atoms with van der Waals surface area (Å²) >= 11 is 1.03. The van der Waals surface area contributed by atoms with E-state index in [1.54, 1.807) is 30.3 Å². The average Bonchev–Trinajstić information content (AvgIpc) is 3.28. The lowest BCUT2D eigenvalue weighted by molar-refractivity contribution is -0.119. The monoisotopic (exact) mass is 460 g/mol. The summed E-state index contributed by atoms with van der Waals surface area (Å²) in [6, 6.07) is 11.1. The lowest BCUT2D eigenvalue weighted by Crippen LogP contribution is -2.36. The van der Waals surface area contributed by atoms with Crippen LogP contribution >= 0.6 is 11.7 Å². The molecular formula is C20H20N4O5S2. The minimum absolute atomic E-state index is 0.0910. The Morgan fingerprint density at radius 3 is 2.61 bits per heavy atom. The van der Waals surface area contributed by atoms with E-state index in [2.05, 4.69) is 14.1 Å². The van der Waals surface area contributed by atoms with Gasteiger partial charge < -0.3 is 10.1 Å². The predicted molar refractivity (Wildman–Crippen MR) is 115 cm³/mol. The number of anilines is 1. The number of nitrogens with zero attached hydrogens (tertiary/aromatic N) is 3. The molecular weight excluding hydrogens is 440 g/mol. The Hall–Kier alpha value is -2.89. The number of hydrogen-bond donors (Lipinski definition) is 1. The number of amides is 1. The molecule has 2 heterocycles. The maximum absolute atomic E-state index is 13.0. The van der Waals surface area contributed by atoms with Crippen LogP contribution in [-0.4, -0.2) is 53.0 Å². The van der Waals surface area contributed by atoms with Crippen LogP contribution in [0.5, 0.6) is 0 Å². The molecule has 3 aromatic rings. The molecule has 0 bridgehead atoms. The van der Waals surface area contributed by atoms with Gasteiger partial charge in [-0.2, -0.15) is 13.1 Å². The maximum Gasteiger partial charge on any atom is 0.340 e. The average molecular weight is 461 g/mol.